The van der Waals surface area contributed by atoms with Gasteiger partial charge >= 0.3 is 0 Å². The molecule has 8 heteroatoms. The summed E-state index contributed by atoms with van der Waals surface area (Å²) in [6.45, 7) is 0.751. The highest BCUT2D eigenvalue weighted by Crippen LogP contribution is 2.29. The van der Waals surface area contributed by atoms with Crippen LogP contribution in [0.15, 0.2) is 42.5 Å². The molecule has 0 atom stereocenters. The Balaban J connectivity index is 1.70. The summed E-state index contributed by atoms with van der Waals surface area (Å²) in [5, 5.41) is 0.657. The first-order chi connectivity index (χ1) is 12.9. The van der Waals surface area contributed by atoms with Crippen molar-refractivity contribution in [3.63, 3.8) is 0 Å². The maximum Gasteiger partial charge on any atom is 0.254 e. The number of amides is 1. The Hall–Kier alpha value is -2.25. The summed E-state index contributed by atoms with van der Waals surface area (Å²) in [6, 6.07) is 12.3. The highest BCUT2D eigenvalue weighted by atomic mass is 35.5. The van der Waals surface area contributed by atoms with Gasteiger partial charge in [-0.15, -0.1) is 0 Å². The van der Waals surface area contributed by atoms with Gasteiger partial charge in [-0.3, -0.25) is 4.79 Å². The molecular formula is C19H20ClNO5S. The Morgan fingerprint density at radius 2 is 1.74 bits per heavy atom. The molecule has 27 heavy (non-hydrogen) atoms. The lowest BCUT2D eigenvalue weighted by Gasteiger charge is -2.27. The number of sulfone groups is 1. The van der Waals surface area contributed by atoms with Crippen LogP contribution in [-0.2, 0) is 16.4 Å². The Bertz CT molecular complexity index is 914. The van der Waals surface area contributed by atoms with Crippen LogP contribution in [0.2, 0.25) is 5.02 Å². The van der Waals surface area contributed by atoms with Gasteiger partial charge in [-0.2, -0.15) is 0 Å². The number of benzene rings is 2. The van der Waals surface area contributed by atoms with E-state index in [2.05, 4.69) is 0 Å². The first kappa shape index (κ1) is 19.5. The summed E-state index contributed by atoms with van der Waals surface area (Å²) in [7, 11) is -1.53. The summed E-state index contributed by atoms with van der Waals surface area (Å²) in [5.41, 5.74) is 1.39. The molecule has 0 aromatic heterocycles. The third-order valence-electron chi connectivity index (χ3n) is 4.35. The van der Waals surface area contributed by atoms with Crippen LogP contribution in [0.1, 0.15) is 15.9 Å². The van der Waals surface area contributed by atoms with Gasteiger partial charge in [-0.1, -0.05) is 23.7 Å². The van der Waals surface area contributed by atoms with Crippen LogP contribution in [0.4, 0.5) is 0 Å². The van der Waals surface area contributed by atoms with Gasteiger partial charge in [0.15, 0.2) is 21.3 Å². The molecule has 6 nitrogen and oxygen atoms in total. The minimum absolute atomic E-state index is 0.00182. The Kier molecular flexibility index (Phi) is 5.92. The van der Waals surface area contributed by atoms with Crippen molar-refractivity contribution >= 4 is 27.3 Å². The molecule has 0 N–H and O–H groups in total. The fourth-order valence-electron chi connectivity index (χ4n) is 2.76. The molecule has 0 radical (unpaired) electrons. The first-order valence-corrected chi connectivity index (χ1v) is 10.6. The predicted molar refractivity (Wildman–Crippen MR) is 103 cm³/mol. The molecule has 2 aromatic rings. The molecule has 0 saturated carbocycles. The second-order valence-electron chi connectivity index (χ2n) is 6.22. The van der Waals surface area contributed by atoms with Gasteiger partial charge in [0.2, 0.25) is 0 Å². The van der Waals surface area contributed by atoms with Crippen molar-refractivity contribution in [3.8, 4) is 11.5 Å². The molecule has 1 amide bonds. The van der Waals surface area contributed by atoms with Gasteiger partial charge in [0.05, 0.1) is 18.6 Å². The van der Waals surface area contributed by atoms with E-state index in [1.54, 1.807) is 35.2 Å². The lowest BCUT2D eigenvalue weighted by atomic mass is 10.1. The molecule has 0 spiro atoms. The summed E-state index contributed by atoms with van der Waals surface area (Å²) in [6.07, 6.45) is 0. The Morgan fingerprint density at radius 3 is 2.37 bits per heavy atom. The van der Waals surface area contributed by atoms with Crippen molar-refractivity contribution in [2.75, 3.05) is 31.7 Å². The van der Waals surface area contributed by atoms with Gasteiger partial charge in [0.25, 0.3) is 5.91 Å². The lowest BCUT2D eigenvalue weighted by molar-refractivity contribution is 0.0770. The SMILES string of the molecule is COc1cc(C(=O)N2CCS(=O)(=O)CC2)ccc1OCc1ccc(Cl)cc1. The first-order valence-electron chi connectivity index (χ1n) is 8.43. The third kappa shape index (κ3) is 4.93. The van der Waals surface area contributed by atoms with Crippen LogP contribution in [0, 0.1) is 0 Å². The predicted octanol–water partition coefficient (Wildman–Crippen LogP) is 2.80. The molecule has 1 aliphatic heterocycles. The fraction of sp³-hybridized carbons (Fsp3) is 0.316. The number of halogens is 1. The molecule has 1 heterocycles. The zero-order valence-electron chi connectivity index (χ0n) is 14.9. The number of nitrogens with zero attached hydrogens (tertiary/aromatic N) is 1. The Labute approximate surface area is 163 Å². The molecule has 1 fully saturated rings. The number of carbonyl (C=O) groups is 1. The lowest BCUT2D eigenvalue weighted by Crippen LogP contribution is -2.43. The van der Waals surface area contributed by atoms with E-state index < -0.39 is 9.84 Å². The minimum atomic E-state index is -3.03. The van der Waals surface area contributed by atoms with Crippen molar-refractivity contribution in [2.45, 2.75) is 6.61 Å². The molecule has 1 saturated heterocycles. The molecule has 0 bridgehead atoms. The highest BCUT2D eigenvalue weighted by Gasteiger charge is 2.26. The summed E-state index contributed by atoms with van der Waals surface area (Å²) < 4.78 is 34.2. The smallest absolute Gasteiger partial charge is 0.254 e. The molecular weight excluding hydrogens is 390 g/mol. The van der Waals surface area contributed by atoms with Crippen molar-refractivity contribution in [1.29, 1.82) is 0 Å². The zero-order chi connectivity index (χ0) is 19.4. The number of methoxy groups -OCH3 is 1. The number of ether oxygens (including phenoxy) is 2. The van der Waals surface area contributed by atoms with Crippen molar-refractivity contribution < 1.29 is 22.7 Å². The average molecular weight is 410 g/mol. The zero-order valence-corrected chi connectivity index (χ0v) is 16.4. The summed E-state index contributed by atoms with van der Waals surface area (Å²) in [4.78, 5) is 14.2. The minimum Gasteiger partial charge on any atom is -0.493 e. The van der Waals surface area contributed by atoms with Crippen LogP contribution in [0.25, 0.3) is 0 Å². The van der Waals surface area contributed by atoms with E-state index in [9.17, 15) is 13.2 Å². The van der Waals surface area contributed by atoms with Crippen LogP contribution in [0.3, 0.4) is 0 Å². The molecule has 0 aliphatic carbocycles. The summed E-state index contributed by atoms with van der Waals surface area (Å²) in [5.74, 6) is 0.744. The second-order valence-corrected chi connectivity index (χ2v) is 8.96. The molecule has 3 rings (SSSR count). The van der Waals surface area contributed by atoms with Crippen molar-refractivity contribution in [1.82, 2.24) is 4.90 Å². The maximum atomic E-state index is 12.6. The average Bonchev–Trinajstić information content (AvgIpc) is 2.67. The van der Waals surface area contributed by atoms with Gasteiger partial charge in [-0.05, 0) is 35.9 Å². The second kappa shape index (κ2) is 8.19. The van der Waals surface area contributed by atoms with Crippen molar-refractivity contribution in [3.05, 3.63) is 58.6 Å². The molecule has 2 aromatic carbocycles. The van der Waals surface area contributed by atoms with E-state index in [1.165, 1.54) is 7.11 Å². The van der Waals surface area contributed by atoms with Crippen molar-refractivity contribution in [2.24, 2.45) is 0 Å². The van der Waals surface area contributed by atoms with Gasteiger partial charge in [-0.25, -0.2) is 8.42 Å². The van der Waals surface area contributed by atoms with E-state index in [-0.39, 0.29) is 30.5 Å². The van der Waals surface area contributed by atoms with E-state index in [0.29, 0.717) is 28.7 Å². The monoisotopic (exact) mass is 409 g/mol. The normalized spacial score (nSPS) is 16.0. The van der Waals surface area contributed by atoms with Crippen LogP contribution < -0.4 is 9.47 Å². The van der Waals surface area contributed by atoms with Gasteiger partial charge < -0.3 is 14.4 Å². The van der Waals surface area contributed by atoms with Gasteiger partial charge in [0.1, 0.15) is 6.61 Å². The van der Waals surface area contributed by atoms with E-state index in [1.807, 2.05) is 12.1 Å². The van der Waals surface area contributed by atoms with Crippen LogP contribution in [-0.4, -0.2) is 50.9 Å². The Morgan fingerprint density at radius 1 is 1.07 bits per heavy atom. The largest absolute Gasteiger partial charge is 0.493 e. The number of rotatable bonds is 5. The quantitative estimate of drug-likeness (QED) is 0.759. The van der Waals surface area contributed by atoms with E-state index in [0.717, 1.165) is 5.56 Å². The third-order valence-corrected chi connectivity index (χ3v) is 6.21. The highest BCUT2D eigenvalue weighted by molar-refractivity contribution is 7.91. The van der Waals surface area contributed by atoms with Gasteiger partial charge in [0, 0.05) is 23.7 Å². The number of hydrogen-bond donors (Lipinski definition) is 0. The molecule has 144 valence electrons. The van der Waals surface area contributed by atoms with Crippen LogP contribution in [0.5, 0.6) is 11.5 Å². The van der Waals surface area contributed by atoms with Crippen LogP contribution >= 0.6 is 11.6 Å². The van der Waals surface area contributed by atoms with E-state index in [4.69, 9.17) is 21.1 Å². The topological polar surface area (TPSA) is 72.9 Å². The van der Waals surface area contributed by atoms with E-state index >= 15 is 0 Å². The fourth-order valence-corrected chi connectivity index (χ4v) is 4.09. The number of carbonyl (C=O) groups excluding carboxylic acids is 1. The molecule has 0 unspecified atom stereocenters. The maximum absolute atomic E-state index is 12.6. The number of hydrogen-bond acceptors (Lipinski definition) is 5. The molecule has 1 aliphatic rings. The standard InChI is InChI=1S/C19H20ClNO5S/c1-25-18-12-15(19(22)21-8-10-27(23,24)11-9-21)4-7-17(18)26-13-14-2-5-16(20)6-3-14/h2-7,12H,8-11,13H2,1H3. The summed E-state index contributed by atoms with van der Waals surface area (Å²) >= 11 is 5.87.